The Hall–Kier alpha value is -5.72. The number of allylic oxidation sites excluding steroid dienone is 2. The highest BCUT2D eigenvalue weighted by Gasteiger charge is 2.70. The van der Waals surface area contributed by atoms with Crippen molar-refractivity contribution in [3.8, 4) is 5.75 Å². The summed E-state index contributed by atoms with van der Waals surface area (Å²) in [5.41, 5.74) is 2.97. The topological polar surface area (TPSA) is 120 Å². The van der Waals surface area contributed by atoms with Crippen LogP contribution in [0.1, 0.15) is 47.9 Å². The predicted molar refractivity (Wildman–Crippen MR) is 211 cm³/mol. The lowest BCUT2D eigenvalue weighted by Gasteiger charge is -2.51. The number of hydrogen-bond acceptors (Lipinski definition) is 7. The summed E-state index contributed by atoms with van der Waals surface area (Å²) in [5.74, 6) is -7.02. The van der Waals surface area contributed by atoms with Crippen molar-refractivity contribution in [1.29, 1.82) is 0 Å². The molecule has 294 valence electrons. The second-order valence-corrected chi connectivity index (χ2v) is 16.0. The normalized spacial score (nSPS) is 25.5. The van der Waals surface area contributed by atoms with Crippen molar-refractivity contribution in [2.45, 2.75) is 43.7 Å². The van der Waals surface area contributed by atoms with Gasteiger partial charge in [0.15, 0.2) is 5.82 Å². The van der Waals surface area contributed by atoms with Crippen molar-refractivity contribution in [1.82, 2.24) is 9.99 Å². The van der Waals surface area contributed by atoms with E-state index in [4.69, 9.17) is 23.2 Å². The Bertz CT molecular complexity index is 2600. The molecule has 3 fully saturated rings. The van der Waals surface area contributed by atoms with Gasteiger partial charge >= 0.3 is 6.18 Å². The van der Waals surface area contributed by atoms with Gasteiger partial charge in [-0.1, -0.05) is 96.4 Å². The van der Waals surface area contributed by atoms with Crippen molar-refractivity contribution in [2.24, 2.45) is 23.7 Å². The number of anilines is 2. The van der Waals surface area contributed by atoms with E-state index in [1.165, 1.54) is 11.0 Å². The second-order valence-electron chi connectivity index (χ2n) is 15.2. The molecule has 0 radical (unpaired) electrons. The third-order valence-corrected chi connectivity index (χ3v) is 12.9. The van der Waals surface area contributed by atoms with E-state index in [1.54, 1.807) is 66.7 Å². The summed E-state index contributed by atoms with van der Waals surface area (Å²) < 4.78 is 40.7. The number of aromatic nitrogens is 1. The summed E-state index contributed by atoms with van der Waals surface area (Å²) >= 11 is 12.7. The van der Waals surface area contributed by atoms with Crippen LogP contribution in [0.25, 0.3) is 10.8 Å². The number of hydrazine groups is 1. The van der Waals surface area contributed by atoms with Crippen LogP contribution >= 0.6 is 23.2 Å². The SMILES string of the molecule is CCc1ccc(N2C(=O)[C@H]3[C@H](CC=C4[C@H]3C[C@H]3C(=O)N(Nc5ncc(C(F)(F)F)cc5Cl)C(=O)[C@@]3(c3ccc(Cl)cc3)[C@H]4c3ccc(O)c4ccccc34)C2=O)cc1. The van der Waals surface area contributed by atoms with Crippen molar-refractivity contribution in [3.05, 3.63) is 141 Å². The van der Waals surface area contributed by atoms with Gasteiger partial charge < -0.3 is 5.11 Å². The van der Waals surface area contributed by atoms with Crippen LogP contribution in [0.5, 0.6) is 5.75 Å². The molecule has 2 N–H and O–H groups in total. The number of pyridine rings is 1. The maximum absolute atomic E-state index is 15.5. The molecule has 4 amide bonds. The highest BCUT2D eigenvalue weighted by Crippen LogP contribution is 2.65. The molecule has 3 heterocycles. The number of carbonyl (C=O) groups excluding carboxylic acids is 4. The molecule has 2 saturated heterocycles. The van der Waals surface area contributed by atoms with E-state index in [9.17, 15) is 27.9 Å². The molecule has 1 aromatic heterocycles. The Kier molecular flexibility index (Phi) is 8.94. The molecule has 2 aliphatic carbocycles. The standard InChI is InChI=1S/C44H33Cl2F3N4O5/c1-2-22-7-13-26(14-8-22)52-39(55)31-16-15-30-32(36(31)41(52)57)20-33-40(56)53(51-38-34(46)19-24(21-50-38)44(47,48)49)42(58)43(33,23-9-11-25(45)12-10-23)37(30)29-17-18-35(54)28-6-4-3-5-27(28)29/h3-15,17-19,21,31-33,36-37,54H,2,16,20H2,1H3,(H,50,51)/t31-,32+,33-,36-,37-,43+/m0/s1. The van der Waals surface area contributed by atoms with Gasteiger partial charge in [-0.2, -0.15) is 18.2 Å². The van der Waals surface area contributed by atoms with Crippen LogP contribution in [0.3, 0.4) is 0 Å². The quantitative estimate of drug-likeness (QED) is 0.130. The van der Waals surface area contributed by atoms with Crippen LogP contribution in [-0.2, 0) is 37.2 Å². The van der Waals surface area contributed by atoms with Gasteiger partial charge in [0.25, 0.3) is 11.8 Å². The number of nitrogens with one attached hydrogen (secondary N) is 1. The van der Waals surface area contributed by atoms with Crippen LogP contribution in [-0.4, -0.2) is 38.7 Å². The largest absolute Gasteiger partial charge is 0.507 e. The molecule has 1 saturated carbocycles. The molecule has 5 aromatic rings. The second kappa shape index (κ2) is 13.7. The van der Waals surface area contributed by atoms with Gasteiger partial charge in [-0.05, 0) is 83.7 Å². The van der Waals surface area contributed by atoms with E-state index in [0.717, 1.165) is 17.0 Å². The highest BCUT2D eigenvalue weighted by molar-refractivity contribution is 6.33. The third kappa shape index (κ3) is 5.55. The summed E-state index contributed by atoms with van der Waals surface area (Å²) in [5, 5.41) is 12.8. The number of carbonyl (C=O) groups is 4. The number of rotatable bonds is 6. The molecule has 58 heavy (non-hydrogen) atoms. The zero-order valence-corrected chi connectivity index (χ0v) is 32.1. The zero-order valence-electron chi connectivity index (χ0n) is 30.6. The van der Waals surface area contributed by atoms with E-state index >= 15 is 9.59 Å². The summed E-state index contributed by atoms with van der Waals surface area (Å²) in [7, 11) is 0. The smallest absolute Gasteiger partial charge is 0.417 e. The summed E-state index contributed by atoms with van der Waals surface area (Å²) in [6, 6.07) is 24.8. The van der Waals surface area contributed by atoms with Crippen LogP contribution < -0.4 is 10.3 Å². The van der Waals surface area contributed by atoms with Crippen LogP contribution in [0.15, 0.2) is 109 Å². The van der Waals surface area contributed by atoms with Crippen LogP contribution in [0, 0.1) is 23.7 Å². The maximum Gasteiger partial charge on any atom is 0.417 e. The highest BCUT2D eigenvalue weighted by atomic mass is 35.5. The van der Waals surface area contributed by atoms with Crippen molar-refractivity contribution < 1.29 is 37.5 Å². The lowest BCUT2D eigenvalue weighted by molar-refractivity contribution is -0.139. The van der Waals surface area contributed by atoms with E-state index in [1.807, 2.05) is 25.1 Å². The molecule has 2 aliphatic heterocycles. The molecule has 0 bridgehead atoms. The monoisotopic (exact) mass is 824 g/mol. The Morgan fingerprint density at radius 3 is 2.26 bits per heavy atom. The first-order valence-electron chi connectivity index (χ1n) is 18.8. The molecule has 0 spiro atoms. The lowest BCUT2D eigenvalue weighted by Crippen LogP contribution is -2.53. The number of alkyl halides is 3. The molecule has 4 aliphatic rings. The number of aryl methyl sites for hydroxylation is 1. The van der Waals surface area contributed by atoms with Crippen molar-refractivity contribution in [2.75, 3.05) is 10.3 Å². The molecule has 6 atom stereocenters. The molecule has 0 unspecified atom stereocenters. The van der Waals surface area contributed by atoms with E-state index in [0.29, 0.717) is 50.4 Å². The number of amides is 4. The third-order valence-electron chi connectivity index (χ3n) is 12.4. The summed E-state index contributed by atoms with van der Waals surface area (Å²) in [6.07, 6.45) is -1.35. The van der Waals surface area contributed by atoms with Gasteiger partial charge in [0, 0.05) is 22.5 Å². The van der Waals surface area contributed by atoms with Crippen molar-refractivity contribution >= 4 is 69.1 Å². The Balaban J connectivity index is 1.25. The predicted octanol–water partition coefficient (Wildman–Crippen LogP) is 9.02. The fourth-order valence-corrected chi connectivity index (χ4v) is 10.2. The Morgan fingerprint density at radius 2 is 1.59 bits per heavy atom. The van der Waals surface area contributed by atoms with Gasteiger partial charge in [0.2, 0.25) is 11.8 Å². The number of benzene rings is 4. The molecule has 4 aromatic carbocycles. The van der Waals surface area contributed by atoms with Gasteiger partial charge in [-0.15, -0.1) is 0 Å². The van der Waals surface area contributed by atoms with Crippen LogP contribution in [0.4, 0.5) is 24.7 Å². The van der Waals surface area contributed by atoms with Crippen molar-refractivity contribution in [3.63, 3.8) is 0 Å². The summed E-state index contributed by atoms with van der Waals surface area (Å²) in [4.78, 5) is 64.5. The fourth-order valence-electron chi connectivity index (χ4n) is 9.82. The molecule has 14 heteroatoms. The minimum Gasteiger partial charge on any atom is -0.507 e. The van der Waals surface area contributed by atoms with E-state index in [2.05, 4.69) is 10.4 Å². The molecule has 9 rings (SSSR count). The number of imide groups is 2. The van der Waals surface area contributed by atoms with Gasteiger partial charge in [0.05, 0.1) is 39.4 Å². The number of fused-ring (bicyclic) bond motifs is 5. The molecular weight excluding hydrogens is 792 g/mol. The average Bonchev–Trinajstić information content (AvgIpc) is 3.59. The maximum atomic E-state index is 15.5. The number of nitrogens with zero attached hydrogens (tertiary/aromatic N) is 3. The van der Waals surface area contributed by atoms with Gasteiger partial charge in [-0.25, -0.2) is 4.98 Å². The van der Waals surface area contributed by atoms with Gasteiger partial charge in [0.1, 0.15) is 5.75 Å². The minimum atomic E-state index is -4.75. The van der Waals surface area contributed by atoms with E-state index < -0.39 is 69.5 Å². The Labute approximate surface area is 340 Å². The number of hydrogen-bond donors (Lipinski definition) is 2. The molecular formula is C44H33Cl2F3N4O5. The lowest BCUT2D eigenvalue weighted by atomic mass is 9.49. The molecule has 9 nitrogen and oxygen atoms in total. The summed E-state index contributed by atoms with van der Waals surface area (Å²) in [6.45, 7) is 2.00. The van der Waals surface area contributed by atoms with Crippen LogP contribution in [0.2, 0.25) is 10.0 Å². The van der Waals surface area contributed by atoms with Gasteiger partial charge in [-0.3, -0.25) is 29.5 Å². The zero-order chi connectivity index (χ0) is 40.8. The average molecular weight is 826 g/mol. The van der Waals surface area contributed by atoms with E-state index in [-0.39, 0.29) is 30.3 Å². The number of aromatic hydroxyl groups is 1. The number of phenols is 1. The first-order chi connectivity index (χ1) is 27.7. The first kappa shape index (κ1) is 37.8. The first-order valence-corrected chi connectivity index (χ1v) is 19.5. The fraction of sp³-hybridized carbons (Fsp3) is 0.250. The Morgan fingerprint density at radius 1 is 0.879 bits per heavy atom. The number of phenolic OH excluding ortho intramolecular Hbond substituents is 1. The minimum absolute atomic E-state index is 0.0112. The number of halogens is 5.